The summed E-state index contributed by atoms with van der Waals surface area (Å²) < 4.78 is 5.21. The molecule has 1 amide bonds. The fourth-order valence-electron chi connectivity index (χ4n) is 2.74. The summed E-state index contributed by atoms with van der Waals surface area (Å²) in [6.45, 7) is 1.80. The molecule has 2 aromatic heterocycles. The normalized spacial score (nSPS) is 12.4. The largest absolute Gasteiger partial charge is 0.422 e. The van der Waals surface area contributed by atoms with Gasteiger partial charge in [-0.2, -0.15) is 0 Å². The molecule has 2 aromatic carbocycles. The van der Waals surface area contributed by atoms with Gasteiger partial charge in [0.1, 0.15) is 17.0 Å². The Morgan fingerprint density at radius 3 is 2.76 bits per heavy atom. The quantitative estimate of drug-likeness (QED) is 0.564. The van der Waals surface area contributed by atoms with Crippen molar-refractivity contribution < 1.29 is 9.21 Å². The van der Waals surface area contributed by atoms with Crippen molar-refractivity contribution >= 4 is 27.9 Å². The number of aromatic amines is 1. The van der Waals surface area contributed by atoms with Gasteiger partial charge in [0.05, 0.1) is 17.1 Å². The van der Waals surface area contributed by atoms with Gasteiger partial charge >= 0.3 is 5.63 Å². The number of rotatable bonds is 3. The van der Waals surface area contributed by atoms with E-state index in [4.69, 9.17) is 4.42 Å². The smallest absolute Gasteiger partial charge is 0.349 e. The van der Waals surface area contributed by atoms with Crippen LogP contribution in [0.5, 0.6) is 0 Å². The molecule has 0 unspecified atom stereocenters. The maximum atomic E-state index is 12.5. The van der Waals surface area contributed by atoms with Gasteiger partial charge in [0.2, 0.25) is 0 Å². The summed E-state index contributed by atoms with van der Waals surface area (Å²) in [6, 6.07) is 15.8. The highest BCUT2D eigenvalue weighted by atomic mass is 16.4. The van der Waals surface area contributed by atoms with E-state index in [1.165, 1.54) is 0 Å². The van der Waals surface area contributed by atoms with Gasteiger partial charge in [-0.05, 0) is 31.2 Å². The molecule has 0 spiro atoms. The molecule has 0 saturated heterocycles. The van der Waals surface area contributed by atoms with Crippen molar-refractivity contribution in [2.24, 2.45) is 0 Å². The Morgan fingerprint density at radius 1 is 1.16 bits per heavy atom. The van der Waals surface area contributed by atoms with Crippen LogP contribution >= 0.6 is 0 Å². The first-order chi connectivity index (χ1) is 12.1. The summed E-state index contributed by atoms with van der Waals surface area (Å²) in [5.74, 6) is 0.132. The van der Waals surface area contributed by atoms with Crippen molar-refractivity contribution in [2.75, 3.05) is 0 Å². The number of hydrogen-bond acceptors (Lipinski definition) is 4. The third-order valence-electron chi connectivity index (χ3n) is 4.05. The van der Waals surface area contributed by atoms with E-state index in [1.54, 1.807) is 31.2 Å². The first-order valence-corrected chi connectivity index (χ1v) is 7.90. The van der Waals surface area contributed by atoms with Gasteiger partial charge in [-0.3, -0.25) is 4.79 Å². The van der Waals surface area contributed by atoms with Crippen molar-refractivity contribution in [2.45, 2.75) is 13.0 Å². The number of carbonyl (C=O) groups excluding carboxylic acids is 1. The molecule has 0 radical (unpaired) electrons. The van der Waals surface area contributed by atoms with E-state index in [9.17, 15) is 9.59 Å². The summed E-state index contributed by atoms with van der Waals surface area (Å²) in [5, 5.41) is 3.48. The molecule has 25 heavy (non-hydrogen) atoms. The lowest BCUT2D eigenvalue weighted by Gasteiger charge is -2.11. The second-order valence-corrected chi connectivity index (χ2v) is 5.82. The van der Waals surface area contributed by atoms with Gasteiger partial charge in [-0.25, -0.2) is 9.78 Å². The molecule has 4 rings (SSSR count). The first-order valence-electron chi connectivity index (χ1n) is 7.90. The van der Waals surface area contributed by atoms with Crippen molar-refractivity contribution in [3.63, 3.8) is 0 Å². The molecule has 0 aliphatic heterocycles. The van der Waals surface area contributed by atoms with Crippen molar-refractivity contribution in [1.82, 2.24) is 15.3 Å². The zero-order chi connectivity index (χ0) is 17.4. The maximum Gasteiger partial charge on any atom is 0.349 e. The number of benzene rings is 2. The van der Waals surface area contributed by atoms with Gasteiger partial charge in [0.25, 0.3) is 5.91 Å². The maximum absolute atomic E-state index is 12.5. The molecule has 0 saturated carbocycles. The Balaban J connectivity index is 1.63. The molecule has 6 heteroatoms. The number of fused-ring (bicyclic) bond motifs is 2. The fraction of sp³-hybridized carbons (Fsp3) is 0.105. The number of hydrogen-bond donors (Lipinski definition) is 2. The molecule has 0 aliphatic rings. The molecule has 0 fully saturated rings. The third kappa shape index (κ3) is 2.78. The van der Waals surface area contributed by atoms with Crippen molar-refractivity contribution in [1.29, 1.82) is 0 Å². The van der Waals surface area contributed by atoms with Crippen LogP contribution in [-0.2, 0) is 0 Å². The topological polar surface area (TPSA) is 88.0 Å². The molecule has 1 atom stereocenters. The van der Waals surface area contributed by atoms with E-state index in [1.807, 2.05) is 30.3 Å². The summed E-state index contributed by atoms with van der Waals surface area (Å²) >= 11 is 0. The number of amides is 1. The summed E-state index contributed by atoms with van der Waals surface area (Å²) in [4.78, 5) is 32.2. The Labute approximate surface area is 142 Å². The number of nitrogens with one attached hydrogen (secondary N) is 2. The Hall–Kier alpha value is -3.41. The number of aromatic nitrogens is 2. The van der Waals surface area contributed by atoms with E-state index in [0.29, 0.717) is 16.8 Å². The zero-order valence-electron chi connectivity index (χ0n) is 13.4. The van der Waals surface area contributed by atoms with Gasteiger partial charge < -0.3 is 14.7 Å². The van der Waals surface area contributed by atoms with Gasteiger partial charge in [0.15, 0.2) is 0 Å². The minimum Gasteiger partial charge on any atom is -0.422 e. The minimum absolute atomic E-state index is 0.0262. The van der Waals surface area contributed by atoms with Gasteiger partial charge in [-0.1, -0.05) is 30.3 Å². The van der Waals surface area contributed by atoms with E-state index in [2.05, 4.69) is 15.3 Å². The van der Waals surface area contributed by atoms with E-state index in [-0.39, 0.29) is 11.6 Å². The standard InChI is InChI=1S/C19H15N3O3/c1-11(17-21-14-7-3-4-8-15(14)22-17)20-18(23)13-10-12-6-2-5-9-16(12)25-19(13)24/h2-11H,1H3,(H,20,23)(H,21,22)/t11-/m1/s1. The van der Waals surface area contributed by atoms with Crippen LogP contribution in [0.1, 0.15) is 29.1 Å². The second-order valence-electron chi connectivity index (χ2n) is 5.82. The SMILES string of the molecule is C[C@@H](NC(=O)c1cc2ccccc2oc1=O)c1nc2ccccc2[nH]1. The van der Waals surface area contributed by atoms with Crippen LogP contribution in [-0.4, -0.2) is 15.9 Å². The van der Waals surface area contributed by atoms with Crippen LogP contribution in [0, 0.1) is 0 Å². The Kier molecular flexibility index (Phi) is 3.57. The number of carbonyl (C=O) groups is 1. The van der Waals surface area contributed by atoms with E-state index in [0.717, 1.165) is 11.0 Å². The molecule has 0 bridgehead atoms. The van der Waals surface area contributed by atoms with Crippen molar-refractivity contribution in [3.05, 3.63) is 76.4 Å². The summed E-state index contributed by atoms with van der Waals surface area (Å²) in [6.07, 6.45) is 0. The number of nitrogens with zero attached hydrogens (tertiary/aromatic N) is 1. The number of para-hydroxylation sites is 3. The van der Waals surface area contributed by atoms with E-state index < -0.39 is 11.5 Å². The average Bonchev–Trinajstić information content (AvgIpc) is 3.05. The van der Waals surface area contributed by atoms with Crippen LogP contribution in [0.25, 0.3) is 22.0 Å². The first kappa shape index (κ1) is 15.1. The lowest BCUT2D eigenvalue weighted by Crippen LogP contribution is -2.31. The zero-order valence-corrected chi connectivity index (χ0v) is 13.4. The Morgan fingerprint density at radius 2 is 1.92 bits per heavy atom. The Bertz CT molecular complexity index is 1110. The lowest BCUT2D eigenvalue weighted by atomic mass is 10.1. The molecule has 2 N–H and O–H groups in total. The third-order valence-corrected chi connectivity index (χ3v) is 4.05. The van der Waals surface area contributed by atoms with Crippen molar-refractivity contribution in [3.8, 4) is 0 Å². The van der Waals surface area contributed by atoms with E-state index >= 15 is 0 Å². The van der Waals surface area contributed by atoms with Gasteiger partial charge in [-0.15, -0.1) is 0 Å². The highest BCUT2D eigenvalue weighted by Crippen LogP contribution is 2.17. The monoisotopic (exact) mass is 333 g/mol. The molecule has 6 nitrogen and oxygen atoms in total. The fourth-order valence-corrected chi connectivity index (χ4v) is 2.74. The summed E-state index contributed by atoms with van der Waals surface area (Å²) in [5.41, 5.74) is 1.48. The van der Waals surface area contributed by atoms with Crippen LogP contribution in [0.3, 0.4) is 0 Å². The highest BCUT2D eigenvalue weighted by molar-refractivity contribution is 5.96. The highest BCUT2D eigenvalue weighted by Gasteiger charge is 2.18. The van der Waals surface area contributed by atoms with Crippen LogP contribution in [0.15, 0.2) is 63.8 Å². The summed E-state index contributed by atoms with van der Waals surface area (Å²) in [7, 11) is 0. The predicted molar refractivity (Wildman–Crippen MR) is 94.5 cm³/mol. The molecular formula is C19H15N3O3. The van der Waals surface area contributed by atoms with Crippen LogP contribution in [0.4, 0.5) is 0 Å². The second kappa shape index (κ2) is 5.90. The average molecular weight is 333 g/mol. The van der Waals surface area contributed by atoms with Crippen LogP contribution in [0.2, 0.25) is 0 Å². The molecular weight excluding hydrogens is 318 g/mol. The molecule has 2 heterocycles. The van der Waals surface area contributed by atoms with Gasteiger partial charge in [0, 0.05) is 5.39 Å². The molecule has 124 valence electrons. The molecule has 0 aliphatic carbocycles. The minimum atomic E-state index is -0.659. The number of imidazole rings is 1. The predicted octanol–water partition coefficient (Wildman–Crippen LogP) is 3.16. The molecule has 4 aromatic rings. The number of H-pyrrole nitrogens is 1. The van der Waals surface area contributed by atoms with Crippen LogP contribution < -0.4 is 10.9 Å². The lowest BCUT2D eigenvalue weighted by molar-refractivity contribution is 0.0935.